The van der Waals surface area contributed by atoms with Crippen LogP contribution in [-0.2, 0) is 0 Å². The van der Waals surface area contributed by atoms with Crippen LogP contribution in [0.3, 0.4) is 0 Å². The number of nitrogens with zero attached hydrogens (tertiary/aromatic N) is 7. The lowest BCUT2D eigenvalue weighted by Crippen LogP contribution is -2.19. The van der Waals surface area contributed by atoms with E-state index in [1.807, 2.05) is 11.0 Å². The Morgan fingerprint density at radius 2 is 1.75 bits per heavy atom. The predicted molar refractivity (Wildman–Crippen MR) is 86.7 cm³/mol. The van der Waals surface area contributed by atoms with Crippen LogP contribution in [-0.4, -0.2) is 43.7 Å². The summed E-state index contributed by atoms with van der Waals surface area (Å²) in [6.07, 6.45) is 5.71. The van der Waals surface area contributed by atoms with Gasteiger partial charge in [0.2, 0.25) is 5.95 Å². The van der Waals surface area contributed by atoms with Gasteiger partial charge in [-0.2, -0.15) is 0 Å². The molecule has 0 atom stereocenters. The van der Waals surface area contributed by atoms with E-state index in [1.54, 1.807) is 7.11 Å². The summed E-state index contributed by atoms with van der Waals surface area (Å²) in [5.41, 5.74) is 8.90. The molecule has 0 saturated heterocycles. The van der Waals surface area contributed by atoms with Crippen LogP contribution >= 0.6 is 0 Å². The highest BCUT2D eigenvalue weighted by Gasteiger charge is 2.30. The second kappa shape index (κ2) is 5.57. The van der Waals surface area contributed by atoms with Gasteiger partial charge in [-0.15, -0.1) is 0 Å². The number of ether oxygens (including phenoxy) is 1. The zero-order valence-electron chi connectivity index (χ0n) is 12.7. The molecule has 4 rings (SSSR count). The lowest BCUT2D eigenvalue weighted by molar-refractivity contribution is 0.417. The van der Waals surface area contributed by atoms with Crippen LogP contribution in [0.4, 0.5) is 23.0 Å². The van der Waals surface area contributed by atoms with Crippen molar-refractivity contribution in [1.29, 1.82) is 0 Å². The van der Waals surface area contributed by atoms with Crippen LogP contribution in [0, 0.1) is 0 Å². The summed E-state index contributed by atoms with van der Waals surface area (Å²) < 4.78 is 5.64. The van der Waals surface area contributed by atoms with E-state index >= 15 is 0 Å². The van der Waals surface area contributed by atoms with Crippen molar-refractivity contribution in [3.8, 4) is 17.1 Å². The molecule has 2 aromatic heterocycles. The summed E-state index contributed by atoms with van der Waals surface area (Å²) in [5, 5.41) is 3.26. The Morgan fingerprint density at radius 3 is 2.42 bits per heavy atom. The number of hydrogen-bond acceptors (Lipinski definition) is 10. The molecule has 120 valence electrons. The number of hydrogen-bond donors (Lipinski definition) is 2. The highest BCUT2D eigenvalue weighted by molar-refractivity contribution is 5.96. The topological polar surface area (TPSA) is 128 Å². The van der Waals surface area contributed by atoms with Gasteiger partial charge in [0, 0.05) is 5.69 Å². The number of benzene rings is 1. The van der Waals surface area contributed by atoms with E-state index in [0.29, 0.717) is 35.4 Å². The highest BCUT2D eigenvalue weighted by Crippen LogP contribution is 2.49. The monoisotopic (exact) mass is 323 g/mol. The lowest BCUT2D eigenvalue weighted by Gasteiger charge is -2.20. The molecule has 3 heterocycles. The largest absolute Gasteiger partial charge is 0.494 e. The summed E-state index contributed by atoms with van der Waals surface area (Å²) in [4.78, 5) is 26.3. The molecule has 3 N–H and O–H groups in total. The van der Waals surface area contributed by atoms with Crippen molar-refractivity contribution in [3.05, 3.63) is 31.4 Å². The summed E-state index contributed by atoms with van der Waals surface area (Å²) in [5.74, 6) is 1.48. The Bertz CT molecular complexity index is 872. The number of nitrogens with one attached hydrogen (secondary N) is 1. The zero-order chi connectivity index (χ0) is 16.5. The fraction of sp³-hybridized carbons (Fsp3) is 0.143. The number of rotatable bonds is 3. The van der Waals surface area contributed by atoms with E-state index < -0.39 is 0 Å². The van der Waals surface area contributed by atoms with Crippen LogP contribution in [0.25, 0.3) is 11.4 Å². The van der Waals surface area contributed by atoms with Gasteiger partial charge in [0.25, 0.3) is 0 Å². The lowest BCUT2D eigenvalue weighted by atomic mass is 10.1. The van der Waals surface area contributed by atoms with Gasteiger partial charge >= 0.3 is 0 Å². The molecule has 1 aliphatic rings. The average Bonchev–Trinajstić information content (AvgIpc) is 3.05. The Morgan fingerprint density at radius 1 is 1.08 bits per heavy atom. The third kappa shape index (κ3) is 2.12. The van der Waals surface area contributed by atoms with Crippen molar-refractivity contribution >= 4 is 23.0 Å². The molecule has 0 aliphatic carbocycles. The van der Waals surface area contributed by atoms with Gasteiger partial charge in [-0.1, -0.05) is 0 Å². The fourth-order valence-electron chi connectivity index (χ4n) is 2.65. The van der Waals surface area contributed by atoms with E-state index in [-0.39, 0.29) is 0 Å². The van der Waals surface area contributed by atoms with Crippen molar-refractivity contribution in [2.45, 2.75) is 0 Å². The van der Waals surface area contributed by atoms with Gasteiger partial charge in [0.1, 0.15) is 31.0 Å². The van der Waals surface area contributed by atoms with Crippen molar-refractivity contribution < 1.29 is 4.74 Å². The Labute approximate surface area is 136 Å². The molecule has 0 fully saturated rings. The number of methoxy groups -OCH3 is 1. The Kier molecular flexibility index (Phi) is 3.26. The normalized spacial score (nSPS) is 12.6. The first-order valence-electron chi connectivity index (χ1n) is 7.06. The molecule has 1 aliphatic heterocycles. The number of fused-ring (bicyclic) bond motifs is 1. The quantitative estimate of drug-likeness (QED) is 0.669. The Hall–Kier alpha value is -3.56. The van der Waals surface area contributed by atoms with Crippen molar-refractivity contribution in [1.82, 2.24) is 29.9 Å². The molecule has 24 heavy (non-hydrogen) atoms. The maximum Gasteiger partial charge on any atom is 0.234 e. The molecule has 0 unspecified atom stereocenters. The molecule has 10 nitrogen and oxygen atoms in total. The van der Waals surface area contributed by atoms with Crippen molar-refractivity contribution in [3.63, 3.8) is 0 Å². The summed E-state index contributed by atoms with van der Waals surface area (Å²) in [6, 6.07) is 1.82. The van der Waals surface area contributed by atoms with Gasteiger partial charge < -0.3 is 15.8 Å². The van der Waals surface area contributed by atoms with Crippen LogP contribution in [0.1, 0.15) is 0 Å². The Balaban J connectivity index is 1.94. The number of anilines is 4. The van der Waals surface area contributed by atoms with Crippen molar-refractivity contribution in [2.24, 2.45) is 0 Å². The first kappa shape index (κ1) is 14.1. The molecule has 0 saturated carbocycles. The second-order valence-corrected chi connectivity index (χ2v) is 4.93. The minimum absolute atomic E-state index is 0.435. The minimum Gasteiger partial charge on any atom is -0.494 e. The van der Waals surface area contributed by atoms with Gasteiger partial charge in [-0.25, -0.2) is 29.9 Å². The SMILES string of the molecule is COc1c(-c2ncncn2)c(N)cc2c1N(c1ncncn1)CN2. The number of aromatic nitrogens is 6. The summed E-state index contributed by atoms with van der Waals surface area (Å²) in [6.45, 7) is 0.482. The zero-order valence-corrected chi connectivity index (χ0v) is 12.7. The molecule has 3 aromatic rings. The maximum absolute atomic E-state index is 6.21. The van der Waals surface area contributed by atoms with Crippen LogP contribution in [0.2, 0.25) is 0 Å². The first-order valence-corrected chi connectivity index (χ1v) is 7.06. The highest BCUT2D eigenvalue weighted by atomic mass is 16.5. The summed E-state index contributed by atoms with van der Waals surface area (Å²) >= 11 is 0. The standard InChI is InChI=1S/C14H13N9O/c1-24-12-10(13-18-3-16-4-19-13)8(15)2-9-11(12)23(7-22-9)14-20-5-17-6-21-14/h2-6,22H,7,15H2,1H3. The van der Waals surface area contributed by atoms with Gasteiger partial charge in [-0.3, -0.25) is 4.90 Å². The second-order valence-electron chi connectivity index (χ2n) is 4.93. The molecular formula is C14H13N9O. The third-order valence-corrected chi connectivity index (χ3v) is 3.63. The van der Waals surface area contributed by atoms with E-state index in [2.05, 4.69) is 35.2 Å². The molecular weight excluding hydrogens is 310 g/mol. The van der Waals surface area contributed by atoms with E-state index in [9.17, 15) is 0 Å². The van der Waals surface area contributed by atoms with Gasteiger partial charge in [0.05, 0.1) is 25.0 Å². The van der Waals surface area contributed by atoms with Crippen molar-refractivity contribution in [2.75, 3.05) is 29.7 Å². The van der Waals surface area contributed by atoms with Crippen LogP contribution < -0.4 is 20.7 Å². The number of nitrogens with two attached hydrogens (primary N) is 1. The van der Waals surface area contributed by atoms with E-state index in [1.165, 1.54) is 25.3 Å². The van der Waals surface area contributed by atoms with Gasteiger partial charge in [0.15, 0.2) is 11.6 Å². The minimum atomic E-state index is 0.435. The van der Waals surface area contributed by atoms with E-state index in [0.717, 1.165) is 11.4 Å². The van der Waals surface area contributed by atoms with E-state index in [4.69, 9.17) is 10.5 Å². The first-order chi connectivity index (χ1) is 11.8. The molecule has 0 bridgehead atoms. The van der Waals surface area contributed by atoms with Gasteiger partial charge in [-0.05, 0) is 6.07 Å². The van der Waals surface area contributed by atoms with Crippen LogP contribution in [0.5, 0.6) is 5.75 Å². The maximum atomic E-state index is 6.21. The average molecular weight is 323 g/mol. The van der Waals surface area contributed by atoms with Crippen LogP contribution in [0.15, 0.2) is 31.4 Å². The predicted octanol–water partition coefficient (Wildman–Crippen LogP) is 0.835. The molecule has 10 heteroatoms. The number of nitrogen functional groups attached to an aromatic ring is 1. The molecule has 0 radical (unpaired) electrons. The molecule has 1 aromatic carbocycles. The third-order valence-electron chi connectivity index (χ3n) is 3.63. The molecule has 0 spiro atoms. The smallest absolute Gasteiger partial charge is 0.234 e. The summed E-state index contributed by atoms with van der Waals surface area (Å²) in [7, 11) is 1.57. The fourth-order valence-corrected chi connectivity index (χ4v) is 2.65. The molecule has 0 amide bonds.